The Balaban J connectivity index is 2.50. The predicted molar refractivity (Wildman–Crippen MR) is 61.6 cm³/mol. The molecular weight excluding hydrogens is 239 g/mol. The predicted octanol–water partition coefficient (Wildman–Crippen LogP) is 1.36. The highest BCUT2D eigenvalue weighted by Gasteiger charge is 2.13. The van der Waals surface area contributed by atoms with Gasteiger partial charge in [0.2, 0.25) is 0 Å². The van der Waals surface area contributed by atoms with Gasteiger partial charge in [-0.3, -0.25) is 0 Å². The highest BCUT2D eigenvalue weighted by molar-refractivity contribution is 5.91. The summed E-state index contributed by atoms with van der Waals surface area (Å²) in [6.07, 6.45) is 2.77. The van der Waals surface area contributed by atoms with Gasteiger partial charge in [-0.05, 0) is 17.7 Å². The van der Waals surface area contributed by atoms with Crippen molar-refractivity contribution >= 4 is 5.97 Å². The number of esters is 1. The van der Waals surface area contributed by atoms with E-state index in [-0.39, 0.29) is 5.56 Å². The van der Waals surface area contributed by atoms with E-state index in [1.54, 1.807) is 0 Å². The topological polar surface area (TPSA) is 72.0 Å². The van der Waals surface area contributed by atoms with E-state index in [2.05, 4.69) is 14.7 Å². The van der Waals surface area contributed by atoms with Crippen LogP contribution in [0.3, 0.4) is 0 Å². The van der Waals surface area contributed by atoms with Crippen molar-refractivity contribution in [1.29, 1.82) is 0 Å². The lowest BCUT2D eigenvalue weighted by Crippen LogP contribution is -2.08. The number of methoxy groups -OCH3 is 1. The Bertz CT molecular complexity index is 632. The first-order chi connectivity index (χ1) is 8.61. The largest absolute Gasteiger partial charge is 0.465 e. The quantitative estimate of drug-likeness (QED) is 0.814. The Labute approximate surface area is 101 Å². The number of ether oxygens (including phenoxy) is 1. The first-order valence-electron chi connectivity index (χ1n) is 5.05. The third kappa shape index (κ3) is 2.27. The molecule has 0 atom stereocenters. The van der Waals surface area contributed by atoms with Crippen molar-refractivity contribution in [2.75, 3.05) is 7.11 Å². The van der Waals surface area contributed by atoms with Gasteiger partial charge in [0.15, 0.2) is 0 Å². The molecule has 0 saturated carbocycles. The molecule has 18 heavy (non-hydrogen) atoms. The van der Waals surface area contributed by atoms with Gasteiger partial charge in [0.25, 0.3) is 0 Å². The number of rotatable bonds is 2. The summed E-state index contributed by atoms with van der Waals surface area (Å²) in [5, 5.41) is 0. The minimum absolute atomic E-state index is 0.166. The number of aromatic amines is 1. The third-order valence-corrected chi connectivity index (χ3v) is 2.38. The van der Waals surface area contributed by atoms with Crippen LogP contribution in [0.2, 0.25) is 0 Å². The molecule has 0 bridgehead atoms. The zero-order valence-corrected chi connectivity index (χ0v) is 9.44. The maximum absolute atomic E-state index is 13.4. The average Bonchev–Trinajstić information content (AvgIpc) is 2.39. The maximum atomic E-state index is 13.4. The first-order valence-corrected chi connectivity index (χ1v) is 5.05. The van der Waals surface area contributed by atoms with Gasteiger partial charge >= 0.3 is 11.7 Å². The number of aromatic nitrogens is 2. The van der Waals surface area contributed by atoms with Crippen molar-refractivity contribution in [3.05, 3.63) is 52.5 Å². The fourth-order valence-corrected chi connectivity index (χ4v) is 1.47. The summed E-state index contributed by atoms with van der Waals surface area (Å²) in [4.78, 5) is 28.1. The number of nitrogens with zero attached hydrogens (tertiary/aromatic N) is 1. The Hall–Kier alpha value is -2.50. The van der Waals surface area contributed by atoms with Crippen LogP contribution in [0.15, 0.2) is 35.4 Å². The molecule has 2 aromatic rings. The van der Waals surface area contributed by atoms with Crippen molar-refractivity contribution in [3.63, 3.8) is 0 Å². The number of carbonyl (C=O) groups excluding carboxylic acids is 1. The van der Waals surface area contributed by atoms with E-state index in [4.69, 9.17) is 0 Å². The summed E-state index contributed by atoms with van der Waals surface area (Å²) in [7, 11) is 1.18. The third-order valence-electron chi connectivity index (χ3n) is 2.38. The van der Waals surface area contributed by atoms with E-state index in [0.717, 1.165) is 6.07 Å². The second-order valence-corrected chi connectivity index (χ2v) is 3.49. The Morgan fingerprint density at radius 2 is 2.17 bits per heavy atom. The molecule has 0 fully saturated rings. The van der Waals surface area contributed by atoms with E-state index < -0.39 is 17.5 Å². The van der Waals surface area contributed by atoms with Gasteiger partial charge < -0.3 is 9.72 Å². The zero-order chi connectivity index (χ0) is 13.1. The van der Waals surface area contributed by atoms with Crippen molar-refractivity contribution < 1.29 is 13.9 Å². The normalized spacial score (nSPS) is 10.1. The molecule has 5 nitrogen and oxygen atoms in total. The molecule has 0 spiro atoms. The number of nitrogens with one attached hydrogen (secondary N) is 1. The van der Waals surface area contributed by atoms with E-state index in [0.29, 0.717) is 11.1 Å². The van der Waals surface area contributed by atoms with E-state index in [1.165, 1.54) is 31.6 Å². The second-order valence-electron chi connectivity index (χ2n) is 3.49. The Morgan fingerprint density at radius 1 is 1.39 bits per heavy atom. The number of halogens is 1. The van der Waals surface area contributed by atoms with Gasteiger partial charge in [-0.15, -0.1) is 0 Å². The number of benzene rings is 1. The number of H-pyrrole nitrogens is 1. The van der Waals surface area contributed by atoms with Crippen LogP contribution in [0, 0.1) is 5.82 Å². The zero-order valence-electron chi connectivity index (χ0n) is 9.44. The average molecular weight is 248 g/mol. The van der Waals surface area contributed by atoms with Gasteiger partial charge in [-0.25, -0.2) is 19.0 Å². The lowest BCUT2D eigenvalue weighted by atomic mass is 10.1. The molecule has 0 aliphatic carbocycles. The van der Waals surface area contributed by atoms with Crippen LogP contribution in [0.5, 0.6) is 0 Å². The van der Waals surface area contributed by atoms with E-state index in [1.807, 2.05) is 0 Å². The highest BCUT2D eigenvalue weighted by Crippen LogP contribution is 2.20. The summed E-state index contributed by atoms with van der Waals surface area (Å²) in [6.45, 7) is 0. The molecule has 6 heteroatoms. The lowest BCUT2D eigenvalue weighted by molar-refractivity contribution is 0.0595. The summed E-state index contributed by atoms with van der Waals surface area (Å²) in [5.41, 5.74) is 0.482. The van der Waals surface area contributed by atoms with Gasteiger partial charge in [0.1, 0.15) is 5.82 Å². The van der Waals surface area contributed by atoms with Crippen LogP contribution in [-0.4, -0.2) is 23.0 Å². The summed E-state index contributed by atoms with van der Waals surface area (Å²) in [5.74, 6) is -1.42. The molecule has 2 rings (SSSR count). The molecule has 1 N–H and O–H groups in total. The Kier molecular flexibility index (Phi) is 3.18. The maximum Gasteiger partial charge on any atom is 0.344 e. The van der Waals surface area contributed by atoms with Crippen molar-refractivity contribution in [2.45, 2.75) is 0 Å². The summed E-state index contributed by atoms with van der Waals surface area (Å²) >= 11 is 0. The molecule has 0 amide bonds. The Morgan fingerprint density at radius 3 is 2.78 bits per heavy atom. The van der Waals surface area contributed by atoms with Crippen molar-refractivity contribution in [3.8, 4) is 11.1 Å². The van der Waals surface area contributed by atoms with E-state index in [9.17, 15) is 14.0 Å². The molecule has 92 valence electrons. The number of hydrogen-bond acceptors (Lipinski definition) is 4. The SMILES string of the molecule is COC(=O)c1cc(-c2cnc(=O)[nH]c2)ccc1F. The molecule has 0 aliphatic rings. The fraction of sp³-hybridized carbons (Fsp3) is 0.0833. The second kappa shape index (κ2) is 4.79. The minimum atomic E-state index is -0.758. The smallest absolute Gasteiger partial charge is 0.344 e. The standard InChI is InChI=1S/C12H9FN2O3/c1-18-11(16)9-4-7(2-3-10(9)13)8-5-14-12(17)15-6-8/h2-6H,1H3,(H,14,15,17). The van der Waals surface area contributed by atoms with Crippen molar-refractivity contribution in [1.82, 2.24) is 9.97 Å². The summed E-state index contributed by atoms with van der Waals surface area (Å²) < 4.78 is 17.9. The van der Waals surface area contributed by atoms with Gasteiger partial charge in [-0.2, -0.15) is 0 Å². The van der Waals surface area contributed by atoms with E-state index >= 15 is 0 Å². The van der Waals surface area contributed by atoms with Crippen molar-refractivity contribution in [2.24, 2.45) is 0 Å². The minimum Gasteiger partial charge on any atom is -0.465 e. The molecule has 1 aromatic carbocycles. The fourth-order valence-electron chi connectivity index (χ4n) is 1.47. The van der Waals surface area contributed by atoms with Crippen LogP contribution in [0.1, 0.15) is 10.4 Å². The molecule has 0 radical (unpaired) electrons. The molecular formula is C12H9FN2O3. The highest BCUT2D eigenvalue weighted by atomic mass is 19.1. The van der Waals surface area contributed by atoms with Gasteiger partial charge in [-0.1, -0.05) is 6.07 Å². The molecule has 1 aromatic heterocycles. The lowest BCUT2D eigenvalue weighted by Gasteiger charge is -2.05. The van der Waals surface area contributed by atoms with Crippen LogP contribution < -0.4 is 5.69 Å². The van der Waals surface area contributed by atoms with Crippen LogP contribution >= 0.6 is 0 Å². The number of carbonyl (C=O) groups is 1. The molecule has 1 heterocycles. The molecule has 0 unspecified atom stereocenters. The van der Waals surface area contributed by atoms with Crippen LogP contribution in [0.25, 0.3) is 11.1 Å². The van der Waals surface area contributed by atoms with Crippen LogP contribution in [-0.2, 0) is 4.74 Å². The molecule has 0 aliphatic heterocycles. The first kappa shape index (κ1) is 12.0. The summed E-state index contributed by atoms with van der Waals surface area (Å²) in [6, 6.07) is 3.99. The number of hydrogen-bond donors (Lipinski definition) is 1. The molecule has 0 saturated heterocycles. The van der Waals surface area contributed by atoms with Gasteiger partial charge in [0, 0.05) is 18.0 Å². The van der Waals surface area contributed by atoms with Crippen LogP contribution in [0.4, 0.5) is 4.39 Å². The van der Waals surface area contributed by atoms with Gasteiger partial charge in [0.05, 0.1) is 12.7 Å². The monoisotopic (exact) mass is 248 g/mol.